The first-order chi connectivity index (χ1) is 7.77. The van der Waals surface area contributed by atoms with E-state index in [1.807, 2.05) is 0 Å². The van der Waals surface area contributed by atoms with Crippen LogP contribution in [-0.2, 0) is 6.54 Å². The highest BCUT2D eigenvalue weighted by molar-refractivity contribution is 5.98. The van der Waals surface area contributed by atoms with Crippen LogP contribution in [0.15, 0.2) is 24.7 Å². The summed E-state index contributed by atoms with van der Waals surface area (Å²) in [5.41, 5.74) is 5.91. The molecule has 0 saturated heterocycles. The van der Waals surface area contributed by atoms with Crippen molar-refractivity contribution in [1.82, 2.24) is 25.5 Å². The standard InChI is InChI=1S/C9H10N6O/c10-8-6(2-1-3-11-8)9(16)12-4-7-13-5-14-15-7/h1-3,5H,4H2,(H2,10,11)(H,12,16)(H,13,14,15). The predicted molar refractivity (Wildman–Crippen MR) is 56.2 cm³/mol. The van der Waals surface area contributed by atoms with Crippen molar-refractivity contribution in [3.63, 3.8) is 0 Å². The van der Waals surface area contributed by atoms with Crippen LogP contribution in [0.4, 0.5) is 5.82 Å². The molecule has 2 heterocycles. The number of H-pyrrole nitrogens is 1. The van der Waals surface area contributed by atoms with Gasteiger partial charge in [0, 0.05) is 6.20 Å². The number of nitrogens with zero attached hydrogens (tertiary/aromatic N) is 3. The lowest BCUT2D eigenvalue weighted by atomic mass is 10.2. The van der Waals surface area contributed by atoms with Gasteiger partial charge in [0.05, 0.1) is 12.1 Å². The summed E-state index contributed by atoms with van der Waals surface area (Å²) < 4.78 is 0. The molecule has 0 atom stereocenters. The molecule has 0 aromatic carbocycles. The molecule has 0 fully saturated rings. The number of pyridine rings is 1. The van der Waals surface area contributed by atoms with Gasteiger partial charge < -0.3 is 11.1 Å². The molecule has 4 N–H and O–H groups in total. The van der Waals surface area contributed by atoms with Gasteiger partial charge in [-0.1, -0.05) is 0 Å². The van der Waals surface area contributed by atoms with Crippen LogP contribution >= 0.6 is 0 Å². The van der Waals surface area contributed by atoms with Gasteiger partial charge in [-0.25, -0.2) is 9.97 Å². The fourth-order valence-electron chi connectivity index (χ4n) is 1.18. The highest BCUT2D eigenvalue weighted by Crippen LogP contribution is 2.06. The average molecular weight is 218 g/mol. The lowest BCUT2D eigenvalue weighted by molar-refractivity contribution is 0.0950. The second-order valence-corrected chi connectivity index (χ2v) is 3.05. The van der Waals surface area contributed by atoms with Crippen molar-refractivity contribution >= 4 is 11.7 Å². The van der Waals surface area contributed by atoms with Crippen molar-refractivity contribution in [1.29, 1.82) is 0 Å². The molecule has 16 heavy (non-hydrogen) atoms. The van der Waals surface area contributed by atoms with Gasteiger partial charge in [-0.15, -0.1) is 0 Å². The Balaban J connectivity index is 2.01. The third kappa shape index (κ3) is 2.14. The van der Waals surface area contributed by atoms with E-state index in [1.165, 1.54) is 12.5 Å². The Morgan fingerprint density at radius 1 is 1.50 bits per heavy atom. The van der Waals surface area contributed by atoms with E-state index in [9.17, 15) is 4.79 Å². The SMILES string of the molecule is Nc1ncccc1C(=O)NCc1ncn[nH]1. The number of hydrogen-bond acceptors (Lipinski definition) is 5. The minimum atomic E-state index is -0.290. The Morgan fingerprint density at radius 3 is 3.06 bits per heavy atom. The van der Waals surface area contributed by atoms with Gasteiger partial charge in [0.25, 0.3) is 5.91 Å². The van der Waals surface area contributed by atoms with Crippen LogP contribution in [0, 0.1) is 0 Å². The van der Waals surface area contributed by atoms with E-state index in [1.54, 1.807) is 12.1 Å². The number of nitrogen functional groups attached to an aromatic ring is 1. The first-order valence-corrected chi connectivity index (χ1v) is 4.60. The molecule has 2 aromatic heterocycles. The molecule has 0 unspecified atom stereocenters. The minimum Gasteiger partial charge on any atom is -0.383 e. The van der Waals surface area contributed by atoms with Crippen LogP contribution in [0.5, 0.6) is 0 Å². The molecule has 0 aliphatic carbocycles. The molecule has 0 aliphatic rings. The Hall–Kier alpha value is -2.44. The molecule has 0 saturated carbocycles. The first kappa shape index (κ1) is 10.1. The van der Waals surface area contributed by atoms with E-state index in [4.69, 9.17) is 5.73 Å². The largest absolute Gasteiger partial charge is 0.383 e. The molecular formula is C9H10N6O. The van der Waals surface area contributed by atoms with Crippen LogP contribution in [0.2, 0.25) is 0 Å². The Labute approximate surface area is 91.1 Å². The van der Waals surface area contributed by atoms with Crippen molar-refractivity contribution in [3.8, 4) is 0 Å². The molecule has 0 radical (unpaired) electrons. The van der Waals surface area contributed by atoms with Crippen LogP contribution in [0.25, 0.3) is 0 Å². The van der Waals surface area contributed by atoms with Crippen molar-refractivity contribution in [2.24, 2.45) is 0 Å². The number of nitrogens with one attached hydrogen (secondary N) is 2. The summed E-state index contributed by atoms with van der Waals surface area (Å²) in [7, 11) is 0. The number of carbonyl (C=O) groups excluding carboxylic acids is 1. The number of aromatic nitrogens is 4. The van der Waals surface area contributed by atoms with Crippen molar-refractivity contribution in [2.75, 3.05) is 5.73 Å². The average Bonchev–Trinajstić information content (AvgIpc) is 2.79. The number of amides is 1. The van der Waals surface area contributed by atoms with Crippen LogP contribution in [0.3, 0.4) is 0 Å². The molecule has 0 spiro atoms. The van der Waals surface area contributed by atoms with E-state index in [2.05, 4.69) is 25.5 Å². The van der Waals surface area contributed by atoms with Gasteiger partial charge in [0.15, 0.2) is 0 Å². The summed E-state index contributed by atoms with van der Waals surface area (Å²) in [6.07, 6.45) is 2.91. The first-order valence-electron chi connectivity index (χ1n) is 4.60. The monoisotopic (exact) mass is 218 g/mol. The maximum absolute atomic E-state index is 11.7. The second kappa shape index (κ2) is 4.39. The minimum absolute atomic E-state index is 0.206. The zero-order chi connectivity index (χ0) is 11.4. The third-order valence-corrected chi connectivity index (χ3v) is 1.96. The lowest BCUT2D eigenvalue weighted by Crippen LogP contribution is -2.24. The summed E-state index contributed by atoms with van der Waals surface area (Å²) in [5.74, 6) is 0.496. The lowest BCUT2D eigenvalue weighted by Gasteiger charge is -2.04. The fraction of sp³-hybridized carbons (Fsp3) is 0.111. The van der Waals surface area contributed by atoms with E-state index in [0.29, 0.717) is 11.4 Å². The normalized spacial score (nSPS) is 10.0. The number of hydrogen-bond donors (Lipinski definition) is 3. The van der Waals surface area contributed by atoms with E-state index >= 15 is 0 Å². The molecule has 0 aliphatic heterocycles. The van der Waals surface area contributed by atoms with Gasteiger partial charge >= 0.3 is 0 Å². The zero-order valence-corrected chi connectivity index (χ0v) is 8.34. The van der Waals surface area contributed by atoms with Gasteiger partial charge in [-0.3, -0.25) is 9.89 Å². The van der Waals surface area contributed by atoms with Gasteiger partial charge in [0.1, 0.15) is 18.0 Å². The van der Waals surface area contributed by atoms with E-state index in [0.717, 1.165) is 0 Å². The molecule has 82 valence electrons. The maximum atomic E-state index is 11.7. The summed E-state index contributed by atoms with van der Waals surface area (Å²) in [5, 5.41) is 8.95. The number of anilines is 1. The van der Waals surface area contributed by atoms with Crippen LogP contribution < -0.4 is 11.1 Å². The van der Waals surface area contributed by atoms with Crippen molar-refractivity contribution < 1.29 is 4.79 Å². The quantitative estimate of drug-likeness (QED) is 0.655. The Kier molecular flexibility index (Phi) is 2.77. The fourth-order valence-corrected chi connectivity index (χ4v) is 1.18. The third-order valence-electron chi connectivity index (χ3n) is 1.96. The Bertz CT molecular complexity index is 481. The van der Waals surface area contributed by atoms with E-state index < -0.39 is 0 Å². The van der Waals surface area contributed by atoms with Crippen LogP contribution in [-0.4, -0.2) is 26.1 Å². The molecule has 2 aromatic rings. The summed E-state index contributed by atoms with van der Waals surface area (Å²) in [4.78, 5) is 19.4. The highest BCUT2D eigenvalue weighted by Gasteiger charge is 2.09. The molecule has 7 heteroatoms. The number of carbonyl (C=O) groups is 1. The number of nitrogens with two attached hydrogens (primary N) is 1. The molecular weight excluding hydrogens is 208 g/mol. The van der Waals surface area contributed by atoms with Gasteiger partial charge in [-0.2, -0.15) is 5.10 Å². The van der Waals surface area contributed by atoms with Gasteiger partial charge in [-0.05, 0) is 12.1 Å². The number of aromatic amines is 1. The maximum Gasteiger partial charge on any atom is 0.255 e. The zero-order valence-electron chi connectivity index (χ0n) is 8.34. The molecule has 1 amide bonds. The molecule has 0 bridgehead atoms. The van der Waals surface area contributed by atoms with Crippen LogP contribution in [0.1, 0.15) is 16.2 Å². The topological polar surface area (TPSA) is 110 Å². The summed E-state index contributed by atoms with van der Waals surface area (Å²) >= 11 is 0. The Morgan fingerprint density at radius 2 is 2.38 bits per heavy atom. The van der Waals surface area contributed by atoms with Gasteiger partial charge in [0.2, 0.25) is 0 Å². The smallest absolute Gasteiger partial charge is 0.255 e. The highest BCUT2D eigenvalue weighted by atomic mass is 16.1. The molecule has 2 rings (SSSR count). The summed E-state index contributed by atoms with van der Waals surface area (Å²) in [6, 6.07) is 3.26. The van der Waals surface area contributed by atoms with E-state index in [-0.39, 0.29) is 18.3 Å². The van der Waals surface area contributed by atoms with Crippen molar-refractivity contribution in [3.05, 3.63) is 36.0 Å². The predicted octanol–water partition coefficient (Wildman–Crippen LogP) is -0.288. The summed E-state index contributed by atoms with van der Waals surface area (Å²) in [6.45, 7) is 0.271. The number of rotatable bonds is 3. The second-order valence-electron chi connectivity index (χ2n) is 3.05. The molecule has 7 nitrogen and oxygen atoms in total. The van der Waals surface area contributed by atoms with Crippen molar-refractivity contribution in [2.45, 2.75) is 6.54 Å².